The zero-order valence-corrected chi connectivity index (χ0v) is 10.9. The van der Waals surface area contributed by atoms with E-state index in [1.807, 2.05) is 12.1 Å². The quantitative estimate of drug-likeness (QED) is 0.805. The number of benzene rings is 1. The smallest absolute Gasteiger partial charge is 0.338 e. The van der Waals surface area contributed by atoms with Crippen LogP contribution in [0, 0.1) is 5.92 Å². The number of aromatic carboxylic acids is 1. The van der Waals surface area contributed by atoms with Crippen LogP contribution in [0.25, 0.3) is 0 Å². The fourth-order valence-corrected chi connectivity index (χ4v) is 2.84. The minimum atomic E-state index is -0.942. The predicted molar refractivity (Wildman–Crippen MR) is 71.5 cm³/mol. The molecule has 0 aromatic heterocycles. The van der Waals surface area contributed by atoms with Crippen LogP contribution in [0.3, 0.4) is 0 Å². The van der Waals surface area contributed by atoms with E-state index < -0.39 is 5.97 Å². The molecule has 4 nitrogen and oxygen atoms in total. The molecule has 2 unspecified atom stereocenters. The van der Waals surface area contributed by atoms with Gasteiger partial charge in [0, 0.05) is 24.8 Å². The zero-order valence-electron chi connectivity index (χ0n) is 10.9. The summed E-state index contributed by atoms with van der Waals surface area (Å²) < 4.78 is 0. The summed E-state index contributed by atoms with van der Waals surface area (Å²) in [5.41, 5.74) is 7.17. The van der Waals surface area contributed by atoms with E-state index in [9.17, 15) is 9.90 Å². The van der Waals surface area contributed by atoms with Crippen molar-refractivity contribution in [2.45, 2.75) is 32.9 Å². The molecule has 0 spiro atoms. The van der Waals surface area contributed by atoms with Gasteiger partial charge in [0.25, 0.3) is 0 Å². The second kappa shape index (κ2) is 4.98. The Morgan fingerprint density at radius 1 is 1.50 bits per heavy atom. The van der Waals surface area contributed by atoms with Crippen LogP contribution in [0.4, 0.5) is 5.69 Å². The van der Waals surface area contributed by atoms with Crippen molar-refractivity contribution in [2.24, 2.45) is 5.92 Å². The van der Waals surface area contributed by atoms with Gasteiger partial charge in [-0.15, -0.1) is 0 Å². The van der Waals surface area contributed by atoms with E-state index in [-0.39, 0.29) is 5.56 Å². The standard InChI is InChI=1S/C14H20N2O2/c1-9-6-10(2)16(7-9)8-11-4-3-5-12(15)13(11)14(17)18/h3-5,9-10H,6-8,15H2,1-2H3,(H,17,18). The Morgan fingerprint density at radius 3 is 2.78 bits per heavy atom. The van der Waals surface area contributed by atoms with Gasteiger partial charge in [-0.25, -0.2) is 4.79 Å². The van der Waals surface area contributed by atoms with Crippen LogP contribution in [-0.2, 0) is 6.54 Å². The number of carboxylic acids is 1. The van der Waals surface area contributed by atoms with E-state index in [4.69, 9.17) is 5.73 Å². The molecule has 1 aliphatic heterocycles. The van der Waals surface area contributed by atoms with Gasteiger partial charge in [-0.1, -0.05) is 19.1 Å². The Bertz CT molecular complexity index is 459. The van der Waals surface area contributed by atoms with Crippen LogP contribution in [0.5, 0.6) is 0 Å². The normalized spacial score (nSPS) is 24.3. The number of anilines is 1. The summed E-state index contributed by atoms with van der Waals surface area (Å²) in [7, 11) is 0. The van der Waals surface area contributed by atoms with Crippen LogP contribution in [0.2, 0.25) is 0 Å². The highest BCUT2D eigenvalue weighted by atomic mass is 16.4. The molecule has 4 heteroatoms. The average Bonchev–Trinajstić information content (AvgIpc) is 2.57. The number of hydrogen-bond donors (Lipinski definition) is 2. The molecule has 98 valence electrons. The highest BCUT2D eigenvalue weighted by Crippen LogP contribution is 2.26. The number of nitrogen functional groups attached to an aromatic ring is 1. The molecular formula is C14H20N2O2. The first-order chi connectivity index (χ1) is 8.49. The Kier molecular flexibility index (Phi) is 3.57. The van der Waals surface area contributed by atoms with Gasteiger partial charge in [-0.05, 0) is 30.9 Å². The fourth-order valence-electron chi connectivity index (χ4n) is 2.84. The SMILES string of the molecule is CC1CC(C)N(Cc2cccc(N)c2C(=O)O)C1. The highest BCUT2D eigenvalue weighted by Gasteiger charge is 2.27. The van der Waals surface area contributed by atoms with E-state index in [0.717, 1.165) is 12.1 Å². The van der Waals surface area contributed by atoms with Gasteiger partial charge in [-0.2, -0.15) is 0 Å². The first-order valence-corrected chi connectivity index (χ1v) is 6.33. The minimum absolute atomic E-state index is 0.254. The lowest BCUT2D eigenvalue weighted by Gasteiger charge is -2.22. The molecule has 1 saturated heterocycles. The van der Waals surface area contributed by atoms with Gasteiger partial charge in [0.15, 0.2) is 0 Å². The average molecular weight is 248 g/mol. The number of carbonyl (C=O) groups is 1. The number of nitrogens with zero attached hydrogens (tertiary/aromatic N) is 1. The van der Waals surface area contributed by atoms with Crippen LogP contribution in [-0.4, -0.2) is 28.6 Å². The number of rotatable bonds is 3. The third-order valence-corrected chi connectivity index (χ3v) is 3.68. The summed E-state index contributed by atoms with van der Waals surface area (Å²) >= 11 is 0. The maximum atomic E-state index is 11.3. The summed E-state index contributed by atoms with van der Waals surface area (Å²) in [6.45, 7) is 6.11. The van der Waals surface area contributed by atoms with Crippen molar-refractivity contribution in [1.82, 2.24) is 4.90 Å². The molecule has 3 N–H and O–H groups in total. The van der Waals surface area contributed by atoms with Gasteiger partial charge in [0.2, 0.25) is 0 Å². The number of nitrogens with two attached hydrogens (primary N) is 1. The molecule has 0 saturated carbocycles. The summed E-state index contributed by atoms with van der Waals surface area (Å²) in [6.07, 6.45) is 1.17. The van der Waals surface area contributed by atoms with Crippen molar-refractivity contribution < 1.29 is 9.90 Å². The monoisotopic (exact) mass is 248 g/mol. The predicted octanol–water partition coefficient (Wildman–Crippen LogP) is 2.20. The zero-order chi connectivity index (χ0) is 13.3. The van der Waals surface area contributed by atoms with Gasteiger partial charge in [0.05, 0.1) is 5.56 Å². The Hall–Kier alpha value is -1.55. The maximum absolute atomic E-state index is 11.3. The van der Waals surface area contributed by atoms with E-state index in [1.54, 1.807) is 6.07 Å². The van der Waals surface area contributed by atoms with Crippen LogP contribution in [0.15, 0.2) is 18.2 Å². The molecule has 18 heavy (non-hydrogen) atoms. The summed E-state index contributed by atoms with van der Waals surface area (Å²) in [5.74, 6) is -0.266. The van der Waals surface area contributed by atoms with Gasteiger partial charge in [-0.3, -0.25) is 4.90 Å². The molecule has 2 rings (SSSR count). The van der Waals surface area contributed by atoms with Crippen molar-refractivity contribution in [3.8, 4) is 0 Å². The molecule has 0 radical (unpaired) electrons. The fraction of sp³-hybridized carbons (Fsp3) is 0.500. The Morgan fingerprint density at radius 2 is 2.22 bits per heavy atom. The largest absolute Gasteiger partial charge is 0.478 e. The molecule has 1 fully saturated rings. The second-order valence-electron chi connectivity index (χ2n) is 5.31. The number of hydrogen-bond acceptors (Lipinski definition) is 3. The Balaban J connectivity index is 2.24. The van der Waals surface area contributed by atoms with Crippen molar-refractivity contribution in [3.05, 3.63) is 29.3 Å². The van der Waals surface area contributed by atoms with Gasteiger partial charge in [0.1, 0.15) is 0 Å². The molecule has 1 aliphatic rings. The molecular weight excluding hydrogens is 228 g/mol. The van der Waals surface area contributed by atoms with Crippen molar-refractivity contribution >= 4 is 11.7 Å². The number of likely N-dealkylation sites (tertiary alicyclic amines) is 1. The molecule has 2 atom stereocenters. The highest BCUT2D eigenvalue weighted by molar-refractivity contribution is 5.95. The number of carboxylic acid groups (broad SMARTS) is 1. The summed E-state index contributed by atoms with van der Waals surface area (Å²) in [4.78, 5) is 13.6. The van der Waals surface area contributed by atoms with Crippen molar-refractivity contribution in [2.75, 3.05) is 12.3 Å². The van der Waals surface area contributed by atoms with Crippen molar-refractivity contribution in [3.63, 3.8) is 0 Å². The first-order valence-electron chi connectivity index (χ1n) is 6.33. The molecule has 0 aliphatic carbocycles. The minimum Gasteiger partial charge on any atom is -0.478 e. The molecule has 1 heterocycles. The lowest BCUT2D eigenvalue weighted by Crippen LogP contribution is -2.27. The van der Waals surface area contributed by atoms with Crippen molar-refractivity contribution in [1.29, 1.82) is 0 Å². The van der Waals surface area contributed by atoms with Crippen LogP contribution < -0.4 is 5.73 Å². The third-order valence-electron chi connectivity index (χ3n) is 3.68. The third kappa shape index (κ3) is 2.48. The second-order valence-corrected chi connectivity index (χ2v) is 5.31. The maximum Gasteiger partial charge on any atom is 0.338 e. The lowest BCUT2D eigenvalue weighted by atomic mass is 10.0. The van der Waals surface area contributed by atoms with E-state index in [2.05, 4.69) is 18.7 Å². The van der Waals surface area contributed by atoms with Crippen LogP contribution >= 0.6 is 0 Å². The molecule has 1 aromatic carbocycles. The summed E-state index contributed by atoms with van der Waals surface area (Å²) in [5, 5.41) is 9.24. The topological polar surface area (TPSA) is 66.6 Å². The van der Waals surface area contributed by atoms with Gasteiger partial charge < -0.3 is 10.8 Å². The van der Waals surface area contributed by atoms with E-state index in [1.165, 1.54) is 6.42 Å². The Labute approximate surface area is 107 Å². The first kappa shape index (κ1) is 12.9. The van der Waals surface area contributed by atoms with Crippen LogP contribution in [0.1, 0.15) is 36.2 Å². The molecule has 0 bridgehead atoms. The van der Waals surface area contributed by atoms with Gasteiger partial charge >= 0.3 is 5.97 Å². The molecule has 0 amide bonds. The molecule has 1 aromatic rings. The lowest BCUT2D eigenvalue weighted by molar-refractivity contribution is 0.0695. The van der Waals surface area contributed by atoms with E-state index >= 15 is 0 Å². The van der Waals surface area contributed by atoms with E-state index in [0.29, 0.717) is 24.2 Å². The summed E-state index contributed by atoms with van der Waals surface area (Å²) in [6, 6.07) is 5.82.